The number of rotatable bonds is 5. The fourth-order valence-electron chi connectivity index (χ4n) is 3.02. The van der Waals surface area contributed by atoms with Crippen molar-refractivity contribution in [1.29, 1.82) is 0 Å². The van der Waals surface area contributed by atoms with Crippen LogP contribution in [-0.4, -0.2) is 49.6 Å². The highest BCUT2D eigenvalue weighted by atomic mass is 35.5. The Labute approximate surface area is 178 Å². The molecular formula is C20H19Cl3N2O3. The Morgan fingerprint density at radius 1 is 0.929 bits per heavy atom. The Morgan fingerprint density at radius 3 is 2.21 bits per heavy atom. The number of amides is 1. The van der Waals surface area contributed by atoms with Crippen LogP contribution in [-0.2, 0) is 20.7 Å². The molecule has 1 amide bonds. The van der Waals surface area contributed by atoms with Gasteiger partial charge < -0.3 is 14.5 Å². The van der Waals surface area contributed by atoms with Crippen molar-refractivity contribution in [2.24, 2.45) is 0 Å². The number of hydrogen-bond acceptors (Lipinski definition) is 4. The normalized spacial score (nSPS) is 14.1. The third-order valence-corrected chi connectivity index (χ3v) is 5.49. The number of esters is 1. The molecule has 0 bridgehead atoms. The van der Waals surface area contributed by atoms with Gasteiger partial charge in [0.2, 0.25) is 0 Å². The van der Waals surface area contributed by atoms with E-state index in [1.54, 1.807) is 23.1 Å². The summed E-state index contributed by atoms with van der Waals surface area (Å²) in [6, 6.07) is 12.6. The van der Waals surface area contributed by atoms with Crippen LogP contribution >= 0.6 is 34.8 Å². The van der Waals surface area contributed by atoms with Crippen LogP contribution in [0.2, 0.25) is 15.1 Å². The molecule has 2 aromatic carbocycles. The summed E-state index contributed by atoms with van der Waals surface area (Å²) in [5, 5.41) is 1.47. The largest absolute Gasteiger partial charge is 0.455 e. The second-order valence-electron chi connectivity index (χ2n) is 6.39. The van der Waals surface area contributed by atoms with E-state index in [4.69, 9.17) is 39.5 Å². The van der Waals surface area contributed by atoms with E-state index in [0.29, 0.717) is 46.8 Å². The number of benzene rings is 2. The first-order valence-electron chi connectivity index (χ1n) is 8.81. The average molecular weight is 442 g/mol. The van der Waals surface area contributed by atoms with Crippen LogP contribution in [0.15, 0.2) is 42.5 Å². The molecule has 0 saturated carbocycles. The minimum absolute atomic E-state index is 0.0751. The number of nitrogens with zero attached hydrogens (tertiary/aromatic N) is 2. The molecule has 0 atom stereocenters. The van der Waals surface area contributed by atoms with Gasteiger partial charge in [-0.05, 0) is 30.3 Å². The Morgan fingerprint density at radius 2 is 1.57 bits per heavy atom. The summed E-state index contributed by atoms with van der Waals surface area (Å²) in [6.45, 7) is 2.20. The standard InChI is InChI=1S/C20H19Cl3N2O3/c21-14-3-1-4-15(11-14)24-7-9-25(10-8-24)19(26)13-28-20(27)12-16-17(22)5-2-6-18(16)23/h1-6,11H,7-10,12-13H2. The Bertz CT molecular complexity index is 847. The molecule has 5 nitrogen and oxygen atoms in total. The topological polar surface area (TPSA) is 49.9 Å². The summed E-state index contributed by atoms with van der Waals surface area (Å²) < 4.78 is 5.12. The zero-order chi connectivity index (χ0) is 20.1. The summed E-state index contributed by atoms with van der Waals surface area (Å²) >= 11 is 18.1. The first kappa shape index (κ1) is 20.8. The highest BCUT2D eigenvalue weighted by molar-refractivity contribution is 6.36. The molecule has 1 saturated heterocycles. The van der Waals surface area contributed by atoms with Gasteiger partial charge in [-0.15, -0.1) is 0 Å². The number of anilines is 1. The molecule has 1 heterocycles. The highest BCUT2D eigenvalue weighted by Crippen LogP contribution is 2.25. The van der Waals surface area contributed by atoms with Gasteiger partial charge in [0.25, 0.3) is 5.91 Å². The van der Waals surface area contributed by atoms with Crippen LogP contribution in [0.1, 0.15) is 5.56 Å². The number of carbonyl (C=O) groups excluding carboxylic acids is 2. The van der Waals surface area contributed by atoms with Crippen molar-refractivity contribution >= 4 is 52.4 Å². The molecule has 2 aromatic rings. The molecule has 0 aliphatic carbocycles. The van der Waals surface area contributed by atoms with E-state index < -0.39 is 5.97 Å². The van der Waals surface area contributed by atoms with Gasteiger partial charge in [0.15, 0.2) is 6.61 Å². The van der Waals surface area contributed by atoms with Gasteiger partial charge in [-0.2, -0.15) is 0 Å². The lowest BCUT2D eigenvalue weighted by Gasteiger charge is -2.36. The van der Waals surface area contributed by atoms with Crippen molar-refractivity contribution in [3.8, 4) is 0 Å². The number of hydrogen-bond donors (Lipinski definition) is 0. The van der Waals surface area contributed by atoms with E-state index in [1.807, 2.05) is 24.3 Å². The zero-order valence-electron chi connectivity index (χ0n) is 15.0. The zero-order valence-corrected chi connectivity index (χ0v) is 17.3. The van der Waals surface area contributed by atoms with Gasteiger partial charge >= 0.3 is 5.97 Å². The van der Waals surface area contributed by atoms with Crippen molar-refractivity contribution in [1.82, 2.24) is 4.90 Å². The molecule has 8 heteroatoms. The highest BCUT2D eigenvalue weighted by Gasteiger charge is 2.22. The first-order chi connectivity index (χ1) is 13.4. The molecule has 1 aliphatic rings. The van der Waals surface area contributed by atoms with Crippen molar-refractivity contribution in [2.45, 2.75) is 6.42 Å². The summed E-state index contributed by atoms with van der Waals surface area (Å²) in [7, 11) is 0. The minimum atomic E-state index is -0.541. The lowest BCUT2D eigenvalue weighted by molar-refractivity contribution is -0.151. The van der Waals surface area contributed by atoms with Crippen LogP contribution in [0.4, 0.5) is 5.69 Å². The molecule has 1 fully saturated rings. The molecular weight excluding hydrogens is 423 g/mol. The maximum Gasteiger partial charge on any atom is 0.310 e. The Hall–Kier alpha value is -1.95. The van der Waals surface area contributed by atoms with Crippen LogP contribution in [0.3, 0.4) is 0 Å². The summed E-state index contributed by atoms with van der Waals surface area (Å²) in [6.07, 6.45) is -0.0751. The fraction of sp³-hybridized carbons (Fsp3) is 0.300. The lowest BCUT2D eigenvalue weighted by Crippen LogP contribution is -2.50. The van der Waals surface area contributed by atoms with Crippen LogP contribution in [0, 0.1) is 0 Å². The summed E-state index contributed by atoms with van der Waals surface area (Å²) in [4.78, 5) is 28.2. The molecule has 0 radical (unpaired) electrons. The smallest absolute Gasteiger partial charge is 0.310 e. The van der Waals surface area contributed by atoms with Gasteiger partial charge in [0.05, 0.1) is 6.42 Å². The van der Waals surface area contributed by atoms with E-state index in [2.05, 4.69) is 4.90 Å². The van der Waals surface area contributed by atoms with Gasteiger partial charge in [-0.3, -0.25) is 9.59 Å². The predicted octanol–water partition coefficient (Wildman–Crippen LogP) is 4.08. The predicted molar refractivity (Wildman–Crippen MR) is 111 cm³/mol. The van der Waals surface area contributed by atoms with E-state index >= 15 is 0 Å². The van der Waals surface area contributed by atoms with E-state index in [0.717, 1.165) is 5.69 Å². The molecule has 0 spiro atoms. The quantitative estimate of drug-likeness (QED) is 0.656. The number of piperazine rings is 1. The van der Waals surface area contributed by atoms with Crippen molar-refractivity contribution in [3.63, 3.8) is 0 Å². The Kier molecular flexibility index (Phi) is 7.05. The number of halogens is 3. The average Bonchev–Trinajstić information content (AvgIpc) is 2.69. The maximum atomic E-state index is 12.3. The molecule has 28 heavy (non-hydrogen) atoms. The van der Waals surface area contributed by atoms with E-state index in [-0.39, 0.29) is 18.9 Å². The Balaban J connectivity index is 1.46. The van der Waals surface area contributed by atoms with E-state index in [1.165, 1.54) is 0 Å². The third kappa shape index (κ3) is 5.31. The van der Waals surface area contributed by atoms with Gasteiger partial charge in [0.1, 0.15) is 0 Å². The number of carbonyl (C=O) groups is 2. The summed E-state index contributed by atoms with van der Waals surface area (Å²) in [5.41, 5.74) is 1.53. The number of ether oxygens (including phenoxy) is 1. The molecule has 0 N–H and O–H groups in total. The van der Waals surface area contributed by atoms with Crippen LogP contribution < -0.4 is 4.90 Å². The maximum absolute atomic E-state index is 12.3. The van der Waals surface area contributed by atoms with Crippen LogP contribution in [0.5, 0.6) is 0 Å². The van der Waals surface area contributed by atoms with E-state index in [9.17, 15) is 9.59 Å². The molecule has 0 unspecified atom stereocenters. The molecule has 148 valence electrons. The van der Waals surface area contributed by atoms with Crippen molar-refractivity contribution < 1.29 is 14.3 Å². The molecule has 1 aliphatic heterocycles. The first-order valence-corrected chi connectivity index (χ1v) is 9.94. The summed E-state index contributed by atoms with van der Waals surface area (Å²) in [5.74, 6) is -0.759. The second-order valence-corrected chi connectivity index (χ2v) is 7.64. The van der Waals surface area contributed by atoms with Gasteiger partial charge in [-0.25, -0.2) is 0 Å². The monoisotopic (exact) mass is 440 g/mol. The fourth-order valence-corrected chi connectivity index (χ4v) is 3.73. The van der Waals surface area contributed by atoms with Gasteiger partial charge in [-0.1, -0.05) is 46.9 Å². The minimum Gasteiger partial charge on any atom is -0.455 e. The SMILES string of the molecule is O=C(Cc1c(Cl)cccc1Cl)OCC(=O)N1CCN(c2cccc(Cl)c2)CC1. The molecule has 0 aromatic heterocycles. The second kappa shape index (κ2) is 9.50. The third-order valence-electron chi connectivity index (χ3n) is 4.55. The van der Waals surface area contributed by atoms with Crippen molar-refractivity contribution in [3.05, 3.63) is 63.1 Å². The lowest BCUT2D eigenvalue weighted by atomic mass is 10.1. The molecule has 3 rings (SSSR count). The van der Waals surface area contributed by atoms with Crippen LogP contribution in [0.25, 0.3) is 0 Å². The van der Waals surface area contributed by atoms with Crippen molar-refractivity contribution in [2.75, 3.05) is 37.7 Å². The van der Waals surface area contributed by atoms with Gasteiger partial charge in [0, 0.05) is 52.5 Å².